The van der Waals surface area contributed by atoms with Crippen molar-refractivity contribution in [2.45, 2.75) is 86.4 Å². The molecule has 0 radical (unpaired) electrons. The Morgan fingerprint density at radius 3 is 2.34 bits per heavy atom. The lowest BCUT2D eigenvalue weighted by Crippen LogP contribution is -2.60. The average molecular weight is 452 g/mol. The lowest BCUT2D eigenvalue weighted by atomic mass is 9.84. The van der Waals surface area contributed by atoms with Crippen LogP contribution >= 0.6 is 0 Å². The fraction of sp³-hybridized carbons (Fsp3) is 0.800. The third-order valence-corrected chi connectivity index (χ3v) is 6.33. The van der Waals surface area contributed by atoms with Crippen LogP contribution in [0.4, 0.5) is 0 Å². The van der Waals surface area contributed by atoms with E-state index in [4.69, 9.17) is 4.74 Å². The van der Waals surface area contributed by atoms with Gasteiger partial charge in [-0.1, -0.05) is 47.6 Å². The van der Waals surface area contributed by atoms with Gasteiger partial charge in [-0.25, -0.2) is 4.79 Å². The highest BCUT2D eigenvalue weighted by molar-refractivity contribution is 5.91. The van der Waals surface area contributed by atoms with Crippen molar-refractivity contribution in [2.75, 3.05) is 27.2 Å². The van der Waals surface area contributed by atoms with Gasteiger partial charge in [-0.15, -0.1) is 0 Å². The Kier molecular flexibility index (Phi) is 10.4. The number of ether oxygens (including phenoxy) is 1. The van der Waals surface area contributed by atoms with Crippen molar-refractivity contribution in [3.05, 3.63) is 11.6 Å². The van der Waals surface area contributed by atoms with Gasteiger partial charge in [-0.05, 0) is 57.5 Å². The van der Waals surface area contributed by atoms with E-state index in [-0.39, 0.29) is 35.8 Å². The summed E-state index contributed by atoms with van der Waals surface area (Å²) in [6, 6.07) is -1.21. The first-order valence-electron chi connectivity index (χ1n) is 11.8. The maximum absolute atomic E-state index is 13.6. The Hall–Kier alpha value is -1.89. The first-order valence-corrected chi connectivity index (χ1v) is 11.8. The van der Waals surface area contributed by atoms with Crippen molar-refractivity contribution < 1.29 is 19.1 Å². The van der Waals surface area contributed by atoms with Crippen molar-refractivity contribution in [1.82, 2.24) is 15.1 Å². The minimum absolute atomic E-state index is 0.0787. The normalized spacial score (nSPS) is 22.3. The largest absolute Gasteiger partial charge is 0.463 e. The number of nitrogens with zero attached hydrogens (tertiary/aromatic N) is 2. The molecule has 4 atom stereocenters. The molecule has 7 heteroatoms. The molecule has 0 bridgehead atoms. The Morgan fingerprint density at radius 2 is 1.84 bits per heavy atom. The van der Waals surface area contributed by atoms with Crippen molar-refractivity contribution >= 4 is 17.8 Å². The Bertz CT molecular complexity index is 696. The fourth-order valence-electron chi connectivity index (χ4n) is 4.12. The molecule has 0 aromatic carbocycles. The minimum Gasteiger partial charge on any atom is -0.463 e. The molecule has 0 saturated carbocycles. The first kappa shape index (κ1) is 28.1. The van der Waals surface area contributed by atoms with E-state index in [1.54, 1.807) is 31.9 Å². The van der Waals surface area contributed by atoms with Crippen LogP contribution in [0.3, 0.4) is 0 Å². The highest BCUT2D eigenvalue weighted by Gasteiger charge is 2.39. The summed E-state index contributed by atoms with van der Waals surface area (Å²) in [6.07, 6.45) is 3.66. The van der Waals surface area contributed by atoms with Crippen molar-refractivity contribution in [3.8, 4) is 0 Å². The van der Waals surface area contributed by atoms with Gasteiger partial charge in [0.2, 0.25) is 11.8 Å². The molecule has 1 heterocycles. The Labute approximate surface area is 194 Å². The number of esters is 1. The van der Waals surface area contributed by atoms with Crippen LogP contribution in [0, 0.1) is 17.3 Å². The number of likely N-dealkylation sites (tertiary alicyclic amines) is 1. The van der Waals surface area contributed by atoms with Crippen LogP contribution in [-0.4, -0.2) is 73.0 Å². The van der Waals surface area contributed by atoms with E-state index in [1.807, 2.05) is 41.7 Å². The van der Waals surface area contributed by atoms with E-state index >= 15 is 0 Å². The number of carbonyl (C=O) groups excluding carboxylic acids is 3. The molecule has 184 valence electrons. The summed E-state index contributed by atoms with van der Waals surface area (Å²) in [7, 11) is 3.70. The Balaban J connectivity index is 3.12. The number of hydrogen-bond donors (Lipinski definition) is 1. The molecule has 0 aromatic heterocycles. The molecule has 1 fully saturated rings. The zero-order valence-electron chi connectivity index (χ0n) is 21.8. The third kappa shape index (κ3) is 7.61. The van der Waals surface area contributed by atoms with Gasteiger partial charge < -0.3 is 15.0 Å². The van der Waals surface area contributed by atoms with E-state index in [2.05, 4.69) is 17.1 Å². The molecule has 1 saturated heterocycles. The third-order valence-electron chi connectivity index (χ3n) is 6.33. The summed E-state index contributed by atoms with van der Waals surface area (Å²) in [6.45, 7) is 16.7. The molecule has 0 aromatic rings. The van der Waals surface area contributed by atoms with Gasteiger partial charge >= 0.3 is 5.97 Å². The number of hydrogen-bond acceptors (Lipinski definition) is 5. The molecular formula is C25H45N3O4. The van der Waals surface area contributed by atoms with E-state index in [9.17, 15) is 14.4 Å². The summed E-state index contributed by atoms with van der Waals surface area (Å²) in [5, 5.41) is 3.06. The predicted octanol–water partition coefficient (Wildman–Crippen LogP) is 3.24. The highest BCUT2D eigenvalue weighted by Crippen LogP contribution is 2.26. The fourth-order valence-corrected chi connectivity index (χ4v) is 4.12. The van der Waals surface area contributed by atoms with Gasteiger partial charge in [-0.3, -0.25) is 14.5 Å². The first-order chi connectivity index (χ1) is 14.7. The summed E-state index contributed by atoms with van der Waals surface area (Å²) in [4.78, 5) is 42.6. The van der Waals surface area contributed by atoms with Crippen molar-refractivity contribution in [1.29, 1.82) is 0 Å². The van der Waals surface area contributed by atoms with E-state index in [0.29, 0.717) is 18.1 Å². The molecular weight excluding hydrogens is 406 g/mol. The van der Waals surface area contributed by atoms with Gasteiger partial charge in [0.1, 0.15) is 6.04 Å². The molecule has 32 heavy (non-hydrogen) atoms. The number of amides is 2. The van der Waals surface area contributed by atoms with Gasteiger partial charge in [0, 0.05) is 12.6 Å². The zero-order chi connectivity index (χ0) is 24.8. The topological polar surface area (TPSA) is 79.0 Å². The standard InChI is InChI=1S/C25H45N3O4/c1-11-32-24(31)18(5)15-19(16(2)3)28(10)23(30)21(25(6,7)8)26-22(29)20-14-17(4)12-13-27(20)9/h15-17,19-21H,11-14H2,1-10H3,(H,26,29). The van der Waals surface area contributed by atoms with Gasteiger partial charge in [-0.2, -0.15) is 0 Å². The van der Waals surface area contributed by atoms with Crippen LogP contribution in [0.1, 0.15) is 68.2 Å². The van der Waals surface area contributed by atoms with Gasteiger partial charge in [0.25, 0.3) is 0 Å². The Morgan fingerprint density at radius 1 is 1.25 bits per heavy atom. The molecule has 2 amide bonds. The van der Waals surface area contributed by atoms with Crippen LogP contribution in [0.25, 0.3) is 0 Å². The monoisotopic (exact) mass is 451 g/mol. The van der Waals surface area contributed by atoms with E-state index in [0.717, 1.165) is 19.4 Å². The molecule has 0 aliphatic carbocycles. The lowest BCUT2D eigenvalue weighted by Gasteiger charge is -2.40. The maximum atomic E-state index is 13.6. The molecule has 1 aliphatic rings. The second-order valence-corrected chi connectivity index (χ2v) is 10.7. The summed E-state index contributed by atoms with van der Waals surface area (Å²) < 4.78 is 5.09. The molecule has 4 unspecified atom stereocenters. The van der Waals surface area contributed by atoms with E-state index in [1.165, 1.54) is 0 Å². The second kappa shape index (κ2) is 11.8. The number of likely N-dealkylation sites (N-methyl/N-ethyl adjacent to an activating group) is 2. The summed E-state index contributed by atoms with van der Waals surface area (Å²) in [5.74, 6) is -0.0807. The predicted molar refractivity (Wildman–Crippen MR) is 128 cm³/mol. The van der Waals surface area contributed by atoms with Gasteiger partial charge in [0.15, 0.2) is 0 Å². The zero-order valence-corrected chi connectivity index (χ0v) is 21.8. The van der Waals surface area contributed by atoms with Crippen LogP contribution in [0.5, 0.6) is 0 Å². The molecule has 1 aliphatic heterocycles. The van der Waals surface area contributed by atoms with Crippen molar-refractivity contribution in [2.24, 2.45) is 17.3 Å². The van der Waals surface area contributed by atoms with Crippen LogP contribution in [0.2, 0.25) is 0 Å². The maximum Gasteiger partial charge on any atom is 0.333 e. The number of piperidine rings is 1. The summed E-state index contributed by atoms with van der Waals surface area (Å²) >= 11 is 0. The molecule has 7 nitrogen and oxygen atoms in total. The number of carbonyl (C=O) groups is 3. The summed E-state index contributed by atoms with van der Waals surface area (Å²) in [5.41, 5.74) is 0.000687. The number of rotatable bonds is 8. The van der Waals surface area contributed by atoms with E-state index < -0.39 is 11.5 Å². The molecule has 1 N–H and O–H groups in total. The van der Waals surface area contributed by atoms with Crippen LogP contribution < -0.4 is 5.32 Å². The molecule has 0 spiro atoms. The second-order valence-electron chi connectivity index (χ2n) is 10.7. The smallest absolute Gasteiger partial charge is 0.333 e. The lowest BCUT2D eigenvalue weighted by molar-refractivity contribution is -0.142. The van der Waals surface area contributed by atoms with Crippen LogP contribution in [0.15, 0.2) is 11.6 Å². The molecule has 1 rings (SSSR count). The van der Waals surface area contributed by atoms with Gasteiger partial charge in [0.05, 0.1) is 18.7 Å². The van der Waals surface area contributed by atoms with Crippen molar-refractivity contribution in [3.63, 3.8) is 0 Å². The quantitative estimate of drug-likeness (QED) is 0.453. The van der Waals surface area contributed by atoms with Crippen LogP contribution in [-0.2, 0) is 19.1 Å². The minimum atomic E-state index is -0.678. The SMILES string of the molecule is CCOC(=O)C(C)=CC(C(C)C)N(C)C(=O)C(NC(=O)C1CC(C)CCN1C)C(C)(C)C. The number of nitrogens with one attached hydrogen (secondary N) is 1. The highest BCUT2D eigenvalue weighted by atomic mass is 16.5. The average Bonchev–Trinajstić information content (AvgIpc) is 2.69.